The van der Waals surface area contributed by atoms with Gasteiger partial charge in [-0.3, -0.25) is 0 Å². The summed E-state index contributed by atoms with van der Waals surface area (Å²) < 4.78 is 0. The van der Waals surface area contributed by atoms with E-state index in [1.54, 1.807) is 0 Å². The zero-order chi connectivity index (χ0) is 4.50. The van der Waals surface area contributed by atoms with Crippen LogP contribution >= 0.6 is 9.24 Å². The normalized spacial score (nSPS) is 10.0. The molecule has 0 bridgehead atoms. The van der Waals surface area contributed by atoms with Crippen molar-refractivity contribution in [3.05, 3.63) is 0 Å². The van der Waals surface area contributed by atoms with Crippen molar-refractivity contribution in [1.29, 1.82) is 0 Å². The fourth-order valence-corrected chi connectivity index (χ4v) is 0. The second kappa shape index (κ2) is 3.08. The van der Waals surface area contributed by atoms with E-state index in [1.807, 2.05) is 0 Å². The average molecular weight is 96.0 g/mol. The summed E-state index contributed by atoms with van der Waals surface area (Å²) in [7, 11) is 3.42. The molecule has 0 heterocycles. The predicted octanol–water partition coefficient (Wildman–Crippen LogP) is -1.07. The molecule has 0 spiro atoms. The number of rotatable bonds is 0. The van der Waals surface area contributed by atoms with Crippen LogP contribution in [0.1, 0.15) is 20.8 Å². The van der Waals surface area contributed by atoms with E-state index >= 15 is 0 Å². The monoisotopic (exact) mass is 96.1 g/mol. The first kappa shape index (κ1) is 10.1. The molecule has 0 N–H and O–H groups in total. The summed E-state index contributed by atoms with van der Waals surface area (Å²) in [6, 6.07) is 0. The van der Waals surface area contributed by atoms with Crippen LogP contribution in [0.5, 0.6) is 0 Å². The zero-order valence-corrected chi connectivity index (χ0v) is 6.00. The van der Waals surface area contributed by atoms with Crippen molar-refractivity contribution in [3.63, 3.8) is 0 Å². The Labute approximate surface area is 54.5 Å². The van der Waals surface area contributed by atoms with Crippen LogP contribution in [0.25, 0.3) is 0 Å². The summed E-state index contributed by atoms with van der Waals surface area (Å²) in [6.07, 6.45) is 0. The average Bonchev–Trinajstić information content (AvgIpc) is 0.722. The van der Waals surface area contributed by atoms with Crippen LogP contribution in [-0.2, 0) is 0 Å². The third-order valence-electron chi connectivity index (χ3n) is 0. The molecular formula is C4H10LiP. The SMILES string of the molecule is CC(C)(C)[PH-].[Li+]. The Kier molecular flexibility index (Phi) is 5.19. The molecule has 32 valence electrons. The molecule has 0 rings (SSSR count). The quantitative estimate of drug-likeness (QED) is 0.266. The van der Waals surface area contributed by atoms with Gasteiger partial charge < -0.3 is 9.24 Å². The van der Waals surface area contributed by atoms with Gasteiger partial charge in [-0.15, -0.1) is 0 Å². The van der Waals surface area contributed by atoms with E-state index in [4.69, 9.17) is 0 Å². The van der Waals surface area contributed by atoms with Crippen LogP contribution in [0.2, 0.25) is 0 Å². The van der Waals surface area contributed by atoms with E-state index in [0.29, 0.717) is 5.16 Å². The summed E-state index contributed by atoms with van der Waals surface area (Å²) in [5, 5.41) is 0.306. The second-order valence-electron chi connectivity index (χ2n) is 2.25. The van der Waals surface area contributed by atoms with Gasteiger partial charge >= 0.3 is 18.9 Å². The minimum absolute atomic E-state index is 0. The zero-order valence-electron chi connectivity index (χ0n) is 5.00. The summed E-state index contributed by atoms with van der Waals surface area (Å²) in [6.45, 7) is 6.30. The molecule has 6 heavy (non-hydrogen) atoms. The van der Waals surface area contributed by atoms with Crippen LogP contribution in [0.4, 0.5) is 0 Å². The molecule has 0 atom stereocenters. The van der Waals surface area contributed by atoms with Crippen molar-refractivity contribution in [2.45, 2.75) is 25.9 Å². The Bertz CT molecular complexity index is 23.0. The Morgan fingerprint density at radius 2 is 1.17 bits per heavy atom. The van der Waals surface area contributed by atoms with Crippen LogP contribution in [-0.4, -0.2) is 5.16 Å². The largest absolute Gasteiger partial charge is 1.00 e. The maximum absolute atomic E-state index is 3.42. The standard InChI is InChI=1S/C4H10P.Li/c1-4(2,3)5;/h5H,1-3H3;/q-1;+1. The molecule has 0 saturated heterocycles. The Hall–Kier alpha value is 1.03. The Morgan fingerprint density at radius 1 is 1.17 bits per heavy atom. The molecule has 0 aromatic heterocycles. The molecule has 0 aliphatic carbocycles. The molecule has 0 aromatic rings. The topological polar surface area (TPSA) is 0 Å². The molecule has 0 nitrogen and oxygen atoms in total. The third kappa shape index (κ3) is 77.3. The first-order chi connectivity index (χ1) is 2.00. The molecule has 0 unspecified atom stereocenters. The minimum atomic E-state index is 0. The first-order valence-corrected chi connectivity index (χ1v) is 2.25. The Morgan fingerprint density at radius 3 is 1.17 bits per heavy atom. The van der Waals surface area contributed by atoms with Gasteiger partial charge in [0.05, 0.1) is 0 Å². The van der Waals surface area contributed by atoms with Gasteiger partial charge in [0.15, 0.2) is 0 Å². The molecule has 0 radical (unpaired) electrons. The number of hydrogen-bond donors (Lipinski definition) is 0. The molecule has 0 fully saturated rings. The molecule has 0 saturated carbocycles. The van der Waals surface area contributed by atoms with Gasteiger partial charge in [0.25, 0.3) is 0 Å². The second-order valence-corrected chi connectivity index (χ2v) is 3.75. The first-order valence-electron chi connectivity index (χ1n) is 1.75. The van der Waals surface area contributed by atoms with Crippen LogP contribution in [0.15, 0.2) is 0 Å². The summed E-state index contributed by atoms with van der Waals surface area (Å²) in [5.74, 6) is 0. The van der Waals surface area contributed by atoms with Crippen LogP contribution < -0.4 is 18.9 Å². The summed E-state index contributed by atoms with van der Waals surface area (Å²) in [4.78, 5) is 0. The van der Waals surface area contributed by atoms with Gasteiger partial charge in [-0.2, -0.15) is 5.16 Å². The molecule has 0 amide bonds. The number of hydrogen-bond acceptors (Lipinski definition) is 0. The fourth-order valence-electron chi connectivity index (χ4n) is 0. The van der Waals surface area contributed by atoms with Crippen molar-refractivity contribution in [2.75, 3.05) is 0 Å². The van der Waals surface area contributed by atoms with Gasteiger partial charge in [-0.05, 0) is 0 Å². The van der Waals surface area contributed by atoms with Crippen molar-refractivity contribution >= 4 is 9.24 Å². The predicted molar refractivity (Wildman–Crippen MR) is 28.1 cm³/mol. The van der Waals surface area contributed by atoms with E-state index in [2.05, 4.69) is 30.0 Å². The van der Waals surface area contributed by atoms with E-state index in [9.17, 15) is 0 Å². The van der Waals surface area contributed by atoms with Crippen molar-refractivity contribution in [3.8, 4) is 0 Å². The molecule has 0 aromatic carbocycles. The van der Waals surface area contributed by atoms with Gasteiger partial charge in [0.2, 0.25) is 0 Å². The van der Waals surface area contributed by atoms with Crippen molar-refractivity contribution in [1.82, 2.24) is 0 Å². The van der Waals surface area contributed by atoms with E-state index < -0.39 is 0 Å². The molecule has 0 aliphatic heterocycles. The molecular weight excluding hydrogens is 86.0 g/mol. The smallest absolute Gasteiger partial charge is 0.552 e. The van der Waals surface area contributed by atoms with Crippen LogP contribution in [0, 0.1) is 0 Å². The fraction of sp³-hybridized carbons (Fsp3) is 1.00. The summed E-state index contributed by atoms with van der Waals surface area (Å²) in [5.41, 5.74) is 0. The maximum Gasteiger partial charge on any atom is 1.00 e. The van der Waals surface area contributed by atoms with Gasteiger partial charge in [0.1, 0.15) is 0 Å². The van der Waals surface area contributed by atoms with Gasteiger partial charge in [0, 0.05) is 0 Å². The Balaban J connectivity index is 0. The van der Waals surface area contributed by atoms with E-state index in [0.717, 1.165) is 0 Å². The van der Waals surface area contributed by atoms with Crippen LogP contribution in [0.3, 0.4) is 0 Å². The minimum Gasteiger partial charge on any atom is -0.552 e. The van der Waals surface area contributed by atoms with Gasteiger partial charge in [-0.1, -0.05) is 20.8 Å². The van der Waals surface area contributed by atoms with Gasteiger partial charge in [-0.25, -0.2) is 0 Å². The van der Waals surface area contributed by atoms with Crippen molar-refractivity contribution in [2.24, 2.45) is 0 Å². The van der Waals surface area contributed by atoms with E-state index in [-0.39, 0.29) is 18.9 Å². The maximum atomic E-state index is 3.42. The molecule has 2 heteroatoms. The molecule has 0 aliphatic rings. The third-order valence-corrected chi connectivity index (χ3v) is 0. The van der Waals surface area contributed by atoms with Crippen molar-refractivity contribution < 1.29 is 18.9 Å². The van der Waals surface area contributed by atoms with E-state index in [1.165, 1.54) is 0 Å². The summed E-state index contributed by atoms with van der Waals surface area (Å²) >= 11 is 0.